The summed E-state index contributed by atoms with van der Waals surface area (Å²) in [5.41, 5.74) is 3.55. The van der Waals surface area contributed by atoms with Gasteiger partial charge in [-0.2, -0.15) is 0 Å². The van der Waals surface area contributed by atoms with E-state index in [2.05, 4.69) is 11.9 Å². The standard InChI is InChI=1S/C21H21N3O2S/c1-3-11-24-17-12-14(8-9-19(17)26-18(4-2)21(24)25)16-13-27-20(23-16)15-7-5-6-10-22-15/h5-10,12-13,18H,3-4,11H2,1-2H3. The zero-order valence-electron chi connectivity index (χ0n) is 15.4. The second-order valence-electron chi connectivity index (χ2n) is 6.44. The predicted molar refractivity (Wildman–Crippen MR) is 108 cm³/mol. The van der Waals surface area contributed by atoms with Gasteiger partial charge in [0.15, 0.2) is 6.10 Å². The largest absolute Gasteiger partial charge is 0.478 e. The third kappa shape index (κ3) is 3.32. The number of anilines is 1. The maximum Gasteiger partial charge on any atom is 0.268 e. The molecule has 27 heavy (non-hydrogen) atoms. The average molecular weight is 379 g/mol. The minimum absolute atomic E-state index is 0.0384. The number of carbonyl (C=O) groups excluding carboxylic acids is 1. The number of ether oxygens (including phenoxy) is 1. The molecule has 1 unspecified atom stereocenters. The van der Waals surface area contributed by atoms with Crippen molar-refractivity contribution in [3.63, 3.8) is 0 Å². The van der Waals surface area contributed by atoms with Crippen molar-refractivity contribution in [3.8, 4) is 27.7 Å². The van der Waals surface area contributed by atoms with E-state index < -0.39 is 6.10 Å². The maximum atomic E-state index is 12.7. The third-order valence-electron chi connectivity index (χ3n) is 4.56. The Morgan fingerprint density at radius 1 is 1.19 bits per heavy atom. The van der Waals surface area contributed by atoms with Gasteiger partial charge in [-0.25, -0.2) is 4.98 Å². The quantitative estimate of drug-likeness (QED) is 0.640. The molecule has 5 nitrogen and oxygen atoms in total. The molecule has 0 aliphatic carbocycles. The van der Waals surface area contributed by atoms with Crippen molar-refractivity contribution in [2.24, 2.45) is 0 Å². The number of fused-ring (bicyclic) bond motifs is 1. The normalized spacial score (nSPS) is 16.1. The van der Waals surface area contributed by atoms with Gasteiger partial charge < -0.3 is 9.64 Å². The minimum atomic E-state index is -0.398. The highest BCUT2D eigenvalue weighted by Gasteiger charge is 2.33. The van der Waals surface area contributed by atoms with Crippen LogP contribution in [0, 0.1) is 0 Å². The smallest absolute Gasteiger partial charge is 0.268 e. The Morgan fingerprint density at radius 2 is 2.07 bits per heavy atom. The first kappa shape index (κ1) is 17.7. The first-order valence-corrected chi connectivity index (χ1v) is 10.1. The fraction of sp³-hybridized carbons (Fsp3) is 0.286. The highest BCUT2D eigenvalue weighted by atomic mass is 32.1. The summed E-state index contributed by atoms with van der Waals surface area (Å²) >= 11 is 1.57. The van der Waals surface area contributed by atoms with Gasteiger partial charge in [-0.05, 0) is 43.2 Å². The molecule has 0 saturated heterocycles. The summed E-state index contributed by atoms with van der Waals surface area (Å²) in [7, 11) is 0. The first-order chi connectivity index (χ1) is 13.2. The van der Waals surface area contributed by atoms with Gasteiger partial charge in [0.2, 0.25) is 0 Å². The summed E-state index contributed by atoms with van der Waals surface area (Å²) in [6, 6.07) is 11.8. The van der Waals surface area contributed by atoms with Gasteiger partial charge in [-0.1, -0.05) is 19.9 Å². The van der Waals surface area contributed by atoms with Crippen LogP contribution in [0.1, 0.15) is 26.7 Å². The molecule has 0 radical (unpaired) electrons. The molecule has 1 aromatic carbocycles. The lowest BCUT2D eigenvalue weighted by atomic mass is 10.1. The summed E-state index contributed by atoms with van der Waals surface area (Å²) in [4.78, 5) is 23.7. The summed E-state index contributed by atoms with van der Waals surface area (Å²) in [6.07, 6.45) is 2.93. The van der Waals surface area contributed by atoms with Crippen LogP contribution in [0.15, 0.2) is 48.0 Å². The molecule has 0 fully saturated rings. The van der Waals surface area contributed by atoms with E-state index in [0.717, 1.165) is 39.8 Å². The molecule has 0 saturated carbocycles. The number of pyridine rings is 1. The van der Waals surface area contributed by atoms with Crippen molar-refractivity contribution in [2.75, 3.05) is 11.4 Å². The molecule has 2 aromatic heterocycles. The first-order valence-electron chi connectivity index (χ1n) is 9.20. The maximum absolute atomic E-state index is 12.7. The number of rotatable bonds is 5. The number of aromatic nitrogens is 2. The Bertz CT molecular complexity index is 955. The average Bonchev–Trinajstić information content (AvgIpc) is 3.20. The molecule has 1 aliphatic heterocycles. The number of hydrogen-bond donors (Lipinski definition) is 0. The second kappa shape index (κ2) is 7.48. The molecule has 6 heteroatoms. The summed E-state index contributed by atoms with van der Waals surface area (Å²) < 4.78 is 5.92. The molecule has 1 aliphatic rings. The lowest BCUT2D eigenvalue weighted by Gasteiger charge is -2.34. The predicted octanol–water partition coefficient (Wildman–Crippen LogP) is 4.79. The van der Waals surface area contributed by atoms with Gasteiger partial charge in [0.05, 0.1) is 17.1 Å². The number of thiazole rings is 1. The molecule has 1 atom stereocenters. The Kier molecular flexibility index (Phi) is 4.90. The molecule has 4 rings (SSSR count). The van der Waals surface area contributed by atoms with Gasteiger partial charge in [-0.3, -0.25) is 9.78 Å². The Balaban J connectivity index is 1.71. The van der Waals surface area contributed by atoms with Crippen molar-refractivity contribution in [2.45, 2.75) is 32.8 Å². The molecule has 3 aromatic rings. The topological polar surface area (TPSA) is 55.3 Å². The van der Waals surface area contributed by atoms with Crippen LogP contribution < -0.4 is 9.64 Å². The van der Waals surface area contributed by atoms with E-state index in [-0.39, 0.29) is 5.91 Å². The fourth-order valence-corrected chi connectivity index (χ4v) is 4.01. The molecule has 0 N–H and O–H groups in total. The second-order valence-corrected chi connectivity index (χ2v) is 7.30. The number of amides is 1. The van der Waals surface area contributed by atoms with E-state index in [9.17, 15) is 4.79 Å². The van der Waals surface area contributed by atoms with Crippen molar-refractivity contribution >= 4 is 22.9 Å². The Hall–Kier alpha value is -2.73. The van der Waals surface area contributed by atoms with Crippen LogP contribution in [0.4, 0.5) is 5.69 Å². The summed E-state index contributed by atoms with van der Waals surface area (Å²) in [5.74, 6) is 0.801. The Labute approximate surface area is 162 Å². The summed E-state index contributed by atoms with van der Waals surface area (Å²) in [5, 5.41) is 2.91. The molecule has 138 valence electrons. The Morgan fingerprint density at radius 3 is 2.81 bits per heavy atom. The molecule has 0 bridgehead atoms. The zero-order chi connectivity index (χ0) is 18.8. The number of benzene rings is 1. The van der Waals surface area contributed by atoms with Crippen molar-refractivity contribution in [1.82, 2.24) is 9.97 Å². The molecular formula is C21H21N3O2S. The van der Waals surface area contributed by atoms with E-state index in [1.165, 1.54) is 0 Å². The molecule has 0 spiro atoms. The van der Waals surface area contributed by atoms with E-state index in [4.69, 9.17) is 9.72 Å². The van der Waals surface area contributed by atoms with Gasteiger partial charge in [0.25, 0.3) is 5.91 Å². The molecular weight excluding hydrogens is 358 g/mol. The van der Waals surface area contributed by atoms with Crippen LogP contribution in [-0.4, -0.2) is 28.5 Å². The van der Waals surface area contributed by atoms with Crippen molar-refractivity contribution < 1.29 is 9.53 Å². The number of hydrogen-bond acceptors (Lipinski definition) is 5. The van der Waals surface area contributed by atoms with Gasteiger partial charge >= 0.3 is 0 Å². The highest BCUT2D eigenvalue weighted by molar-refractivity contribution is 7.13. The van der Waals surface area contributed by atoms with Gasteiger partial charge in [0, 0.05) is 23.7 Å². The van der Waals surface area contributed by atoms with E-state index in [1.54, 1.807) is 17.5 Å². The SMILES string of the molecule is CCCN1C(=O)C(CC)Oc2ccc(-c3csc(-c4ccccn4)n3)cc21. The van der Waals surface area contributed by atoms with Crippen LogP contribution in [0.25, 0.3) is 22.0 Å². The lowest BCUT2D eigenvalue weighted by molar-refractivity contribution is -0.126. The van der Waals surface area contributed by atoms with Crippen LogP contribution in [-0.2, 0) is 4.79 Å². The van der Waals surface area contributed by atoms with Crippen LogP contribution in [0.5, 0.6) is 5.75 Å². The highest BCUT2D eigenvalue weighted by Crippen LogP contribution is 2.39. The third-order valence-corrected chi connectivity index (χ3v) is 5.43. The van der Waals surface area contributed by atoms with Gasteiger partial charge in [-0.15, -0.1) is 11.3 Å². The molecule has 3 heterocycles. The van der Waals surface area contributed by atoms with E-state index in [0.29, 0.717) is 13.0 Å². The van der Waals surface area contributed by atoms with Crippen LogP contribution in [0.3, 0.4) is 0 Å². The van der Waals surface area contributed by atoms with Crippen molar-refractivity contribution in [1.29, 1.82) is 0 Å². The fourth-order valence-electron chi connectivity index (χ4n) is 3.21. The molecule has 1 amide bonds. The van der Waals surface area contributed by atoms with Gasteiger partial charge in [0.1, 0.15) is 10.8 Å². The lowest BCUT2D eigenvalue weighted by Crippen LogP contribution is -2.45. The zero-order valence-corrected chi connectivity index (χ0v) is 16.2. The summed E-state index contributed by atoms with van der Waals surface area (Å²) in [6.45, 7) is 4.73. The van der Waals surface area contributed by atoms with Crippen LogP contribution >= 0.6 is 11.3 Å². The number of nitrogens with zero attached hydrogens (tertiary/aromatic N) is 3. The van der Waals surface area contributed by atoms with Crippen LogP contribution in [0.2, 0.25) is 0 Å². The van der Waals surface area contributed by atoms with Crippen molar-refractivity contribution in [3.05, 3.63) is 48.0 Å². The minimum Gasteiger partial charge on any atom is -0.478 e. The number of carbonyl (C=O) groups is 1. The monoisotopic (exact) mass is 379 g/mol. The van der Waals surface area contributed by atoms with E-state index in [1.807, 2.05) is 53.6 Å². The van der Waals surface area contributed by atoms with E-state index >= 15 is 0 Å².